The van der Waals surface area contributed by atoms with Gasteiger partial charge in [0.1, 0.15) is 0 Å². The van der Waals surface area contributed by atoms with Crippen LogP contribution in [0.4, 0.5) is 0 Å². The number of Topliss-reactive ketones (excluding diaryl/α,β-unsaturated/α-hetero) is 2. The molecule has 0 aromatic rings. The lowest BCUT2D eigenvalue weighted by Crippen LogP contribution is -2.22. The predicted molar refractivity (Wildman–Crippen MR) is 40.1 cm³/mol. The van der Waals surface area contributed by atoms with Crippen LogP contribution >= 0.6 is 0 Å². The minimum Gasteiger partial charge on any atom is -0.285 e. The number of carbonyl (C=O) groups is 3. The van der Waals surface area contributed by atoms with E-state index in [0.717, 1.165) is 12.4 Å². The van der Waals surface area contributed by atoms with Crippen molar-refractivity contribution in [1.29, 1.82) is 0 Å². The summed E-state index contributed by atoms with van der Waals surface area (Å²) in [6, 6.07) is 0. The summed E-state index contributed by atoms with van der Waals surface area (Å²) in [6.07, 6.45) is 4.11. The van der Waals surface area contributed by atoms with Gasteiger partial charge in [0.15, 0.2) is 0 Å². The predicted octanol–water partition coefficient (Wildman–Crippen LogP) is -0.454. The zero-order valence-electron chi connectivity index (χ0n) is 6.07. The molecule has 0 N–H and O–H groups in total. The highest BCUT2D eigenvalue weighted by atomic mass is 16.2. The first-order valence-corrected chi connectivity index (χ1v) is 2.93. The number of allylic oxidation sites excluding steroid dienone is 3. The smallest absolute Gasteiger partial charge is 0.281 e. The summed E-state index contributed by atoms with van der Waals surface area (Å²) >= 11 is 0. The van der Waals surface area contributed by atoms with Crippen LogP contribution in [0.15, 0.2) is 24.8 Å². The molecule has 1 radical (unpaired) electrons. The van der Waals surface area contributed by atoms with E-state index >= 15 is 0 Å². The summed E-state index contributed by atoms with van der Waals surface area (Å²) in [6.45, 7) is 3.24. The Kier molecular flexibility index (Phi) is 4.15. The van der Waals surface area contributed by atoms with Crippen LogP contribution in [0.2, 0.25) is 0 Å². The van der Waals surface area contributed by atoms with E-state index in [-0.39, 0.29) is 0 Å². The Bertz CT molecular complexity index is 273. The second-order valence-electron chi connectivity index (χ2n) is 1.72. The zero-order chi connectivity index (χ0) is 9.56. The van der Waals surface area contributed by atoms with Crippen molar-refractivity contribution in [3.8, 4) is 0 Å². The topological polar surface area (TPSA) is 68.3 Å². The lowest BCUT2D eigenvalue weighted by molar-refractivity contribution is -0.139. The third-order valence-electron chi connectivity index (χ3n) is 0.906. The summed E-state index contributed by atoms with van der Waals surface area (Å²) in [5.74, 6) is -3.90. The average molecular weight is 165 g/mol. The number of hydrogen-bond donors (Lipinski definition) is 0. The normalized spacial score (nSPS) is 9.33. The van der Waals surface area contributed by atoms with Gasteiger partial charge in [0, 0.05) is 0 Å². The number of carbonyl (C=O) groups excluding carboxylic acids is 4. The van der Waals surface area contributed by atoms with Crippen molar-refractivity contribution >= 4 is 23.6 Å². The maximum Gasteiger partial charge on any atom is 0.281 e. The van der Waals surface area contributed by atoms with Crippen LogP contribution in [0.25, 0.3) is 0 Å². The van der Waals surface area contributed by atoms with Gasteiger partial charge < -0.3 is 0 Å². The van der Waals surface area contributed by atoms with Crippen molar-refractivity contribution in [2.24, 2.45) is 0 Å². The maximum absolute atomic E-state index is 10.6. The van der Waals surface area contributed by atoms with Gasteiger partial charge in [-0.3, -0.25) is 19.2 Å². The summed E-state index contributed by atoms with van der Waals surface area (Å²) < 4.78 is 0. The highest BCUT2D eigenvalue weighted by Crippen LogP contribution is 1.82. The van der Waals surface area contributed by atoms with Crippen molar-refractivity contribution in [2.45, 2.75) is 0 Å². The molecule has 61 valence electrons. The molecule has 0 aliphatic heterocycles. The molecule has 0 aromatic heterocycles. The second-order valence-corrected chi connectivity index (χ2v) is 1.72. The van der Waals surface area contributed by atoms with Crippen LogP contribution < -0.4 is 0 Å². The summed E-state index contributed by atoms with van der Waals surface area (Å²) in [7, 11) is 0. The fraction of sp³-hybridized carbons (Fsp3) is 0. The first-order chi connectivity index (χ1) is 5.63. The minimum atomic E-state index is -1.46. The molecule has 0 bridgehead atoms. The molecule has 0 rings (SSSR count). The quantitative estimate of drug-likeness (QED) is 0.239. The standard InChI is InChI=1S/C8H5O4/c1-2-3-4-6(10)8(12)7(11)5-9/h2-4H,1H2. The van der Waals surface area contributed by atoms with Crippen molar-refractivity contribution in [3.63, 3.8) is 0 Å². The van der Waals surface area contributed by atoms with Crippen LogP contribution in [0.5, 0.6) is 0 Å². The third-order valence-corrected chi connectivity index (χ3v) is 0.906. The van der Waals surface area contributed by atoms with E-state index in [1.54, 1.807) is 0 Å². The summed E-state index contributed by atoms with van der Waals surface area (Å²) in [4.78, 5) is 41.0. The molecule has 0 saturated carbocycles. The van der Waals surface area contributed by atoms with Gasteiger partial charge >= 0.3 is 0 Å². The van der Waals surface area contributed by atoms with Crippen molar-refractivity contribution in [1.82, 2.24) is 0 Å². The first-order valence-electron chi connectivity index (χ1n) is 2.93. The summed E-state index contributed by atoms with van der Waals surface area (Å²) in [5, 5.41) is 0. The van der Waals surface area contributed by atoms with Crippen molar-refractivity contribution < 1.29 is 19.2 Å². The highest BCUT2D eigenvalue weighted by Gasteiger charge is 2.19. The van der Waals surface area contributed by atoms with E-state index in [9.17, 15) is 19.2 Å². The Balaban J connectivity index is 4.40. The Morgan fingerprint density at radius 3 is 2.25 bits per heavy atom. The fourth-order valence-corrected chi connectivity index (χ4v) is 0.389. The van der Waals surface area contributed by atoms with Gasteiger partial charge in [-0.1, -0.05) is 18.7 Å². The molecule has 0 aliphatic rings. The van der Waals surface area contributed by atoms with E-state index in [1.807, 2.05) is 0 Å². The van der Waals surface area contributed by atoms with E-state index in [4.69, 9.17) is 0 Å². The molecule has 0 aromatic carbocycles. The second kappa shape index (κ2) is 4.90. The first kappa shape index (κ1) is 10.2. The number of hydrogen-bond acceptors (Lipinski definition) is 4. The molecule has 0 fully saturated rings. The molecule has 0 unspecified atom stereocenters. The Morgan fingerprint density at radius 1 is 1.25 bits per heavy atom. The molecular weight excluding hydrogens is 160 g/mol. The zero-order valence-corrected chi connectivity index (χ0v) is 6.07. The Morgan fingerprint density at radius 2 is 1.83 bits per heavy atom. The van der Waals surface area contributed by atoms with Gasteiger partial charge in [-0.25, -0.2) is 0 Å². The van der Waals surface area contributed by atoms with E-state index in [1.165, 1.54) is 12.2 Å². The number of ketones is 3. The molecule has 0 saturated heterocycles. The van der Waals surface area contributed by atoms with Crippen LogP contribution in [-0.4, -0.2) is 23.6 Å². The molecule has 12 heavy (non-hydrogen) atoms. The third kappa shape index (κ3) is 2.83. The Hall–Kier alpha value is -1.84. The average Bonchev–Trinajstić information content (AvgIpc) is 2.11. The maximum atomic E-state index is 10.6. The van der Waals surface area contributed by atoms with E-state index in [0.29, 0.717) is 0 Å². The molecule has 0 spiro atoms. The molecule has 4 nitrogen and oxygen atoms in total. The van der Waals surface area contributed by atoms with Crippen LogP contribution in [0, 0.1) is 0 Å². The highest BCUT2D eigenvalue weighted by molar-refractivity contribution is 6.76. The van der Waals surface area contributed by atoms with Crippen LogP contribution in [0.1, 0.15) is 0 Å². The molecule has 0 amide bonds. The Labute approximate surface area is 68.6 Å². The molecule has 0 heterocycles. The van der Waals surface area contributed by atoms with Gasteiger partial charge in [-0.2, -0.15) is 0 Å². The van der Waals surface area contributed by atoms with Crippen molar-refractivity contribution in [3.05, 3.63) is 24.8 Å². The summed E-state index contributed by atoms with van der Waals surface area (Å²) in [5.41, 5.74) is 0. The molecule has 4 heteroatoms. The monoisotopic (exact) mass is 165 g/mol. The van der Waals surface area contributed by atoms with Gasteiger partial charge in [-0.15, -0.1) is 0 Å². The fourth-order valence-electron chi connectivity index (χ4n) is 0.389. The minimum absolute atomic E-state index is 0.803. The van der Waals surface area contributed by atoms with Gasteiger partial charge in [0.2, 0.25) is 5.78 Å². The van der Waals surface area contributed by atoms with E-state index in [2.05, 4.69) is 6.58 Å². The van der Waals surface area contributed by atoms with Crippen molar-refractivity contribution in [2.75, 3.05) is 0 Å². The molecular formula is C8H5O4. The van der Waals surface area contributed by atoms with Gasteiger partial charge in [-0.05, 0) is 6.08 Å². The molecule has 0 atom stereocenters. The van der Waals surface area contributed by atoms with E-state index < -0.39 is 17.3 Å². The largest absolute Gasteiger partial charge is 0.285 e. The van der Waals surface area contributed by atoms with Crippen LogP contribution in [0.3, 0.4) is 0 Å². The number of rotatable bonds is 5. The van der Waals surface area contributed by atoms with Crippen LogP contribution in [-0.2, 0) is 19.2 Å². The molecule has 0 aliphatic carbocycles. The van der Waals surface area contributed by atoms with Gasteiger partial charge in [0.25, 0.3) is 17.9 Å². The SMILES string of the molecule is C=CC=CC(=O)C(=O)C(=O)[C]=O. The van der Waals surface area contributed by atoms with Gasteiger partial charge in [0.05, 0.1) is 0 Å². The lowest BCUT2D eigenvalue weighted by atomic mass is 10.2. The lowest BCUT2D eigenvalue weighted by Gasteiger charge is -1.84.